The van der Waals surface area contributed by atoms with Gasteiger partial charge in [-0.3, -0.25) is 4.57 Å². The van der Waals surface area contributed by atoms with Gasteiger partial charge in [0.25, 0.3) is 0 Å². The third-order valence-electron chi connectivity index (χ3n) is 5.33. The average molecular weight is 427 g/mol. The maximum atomic E-state index is 13.3. The van der Waals surface area contributed by atoms with E-state index in [4.69, 9.17) is 14.2 Å². The summed E-state index contributed by atoms with van der Waals surface area (Å²) in [5.74, 6) is 2.47. The quantitative estimate of drug-likeness (QED) is 0.573. The predicted octanol–water partition coefficient (Wildman–Crippen LogP) is 3.31. The molecule has 0 spiro atoms. The van der Waals surface area contributed by atoms with Crippen LogP contribution in [0.15, 0.2) is 36.5 Å². The summed E-state index contributed by atoms with van der Waals surface area (Å²) in [5.41, 5.74) is 1.64. The summed E-state index contributed by atoms with van der Waals surface area (Å²) < 4.78 is 31.9. The number of pyridine rings is 1. The van der Waals surface area contributed by atoms with Gasteiger partial charge in [-0.1, -0.05) is 0 Å². The second-order valence-corrected chi connectivity index (χ2v) is 7.46. The van der Waals surface area contributed by atoms with Gasteiger partial charge in [0.2, 0.25) is 11.8 Å². The Bertz CT molecular complexity index is 1020. The Kier molecular flexibility index (Phi) is 6.31. The number of methoxy groups -OCH3 is 2. The Hall–Kier alpha value is -3.20. The Morgan fingerprint density at radius 2 is 1.90 bits per heavy atom. The molecule has 31 heavy (non-hydrogen) atoms. The highest BCUT2D eigenvalue weighted by Gasteiger charge is 2.26. The molecule has 0 radical (unpaired) electrons. The fourth-order valence-electron chi connectivity index (χ4n) is 3.72. The maximum Gasteiger partial charge on any atom is 0.232 e. The van der Waals surface area contributed by atoms with Crippen LogP contribution >= 0.6 is 0 Å². The number of nitrogens with zero attached hydrogens (tertiary/aromatic N) is 5. The first kappa shape index (κ1) is 21.0. The van der Waals surface area contributed by atoms with Gasteiger partial charge in [-0.05, 0) is 36.8 Å². The van der Waals surface area contributed by atoms with Crippen molar-refractivity contribution in [3.63, 3.8) is 0 Å². The van der Waals surface area contributed by atoms with Gasteiger partial charge in [0, 0.05) is 39.1 Å². The number of aromatic nitrogens is 4. The molecular weight excluding hydrogens is 401 g/mol. The molecule has 1 aliphatic rings. The Morgan fingerprint density at radius 1 is 1.10 bits per heavy atom. The van der Waals surface area contributed by atoms with Crippen molar-refractivity contribution in [2.24, 2.45) is 0 Å². The Labute approximate surface area is 180 Å². The lowest BCUT2D eigenvalue weighted by Gasteiger charge is -2.33. The molecule has 0 saturated carbocycles. The van der Waals surface area contributed by atoms with Crippen molar-refractivity contribution in [1.29, 1.82) is 0 Å². The molecule has 0 aliphatic carbocycles. The minimum Gasteiger partial charge on any atom is -0.490 e. The summed E-state index contributed by atoms with van der Waals surface area (Å²) in [6.07, 6.45) is 3.45. The van der Waals surface area contributed by atoms with Crippen LogP contribution in [0.3, 0.4) is 0 Å². The van der Waals surface area contributed by atoms with E-state index in [9.17, 15) is 4.39 Å². The van der Waals surface area contributed by atoms with Crippen LogP contribution < -0.4 is 14.4 Å². The van der Waals surface area contributed by atoms with Gasteiger partial charge in [0.05, 0.1) is 19.0 Å². The number of rotatable bonds is 7. The number of ether oxygens (including phenoxy) is 3. The zero-order valence-corrected chi connectivity index (χ0v) is 17.9. The summed E-state index contributed by atoms with van der Waals surface area (Å²) in [6.45, 7) is 3.72. The molecule has 3 heterocycles. The van der Waals surface area contributed by atoms with E-state index >= 15 is 0 Å². The topological polar surface area (TPSA) is 74.5 Å². The standard InChI is InChI=1S/C22H26FN5O3/c1-15-12-16(23)4-6-19(15)31-18-8-10-27(11-9-18)22-26-25-20(14-29-2)28(22)17-5-7-21(30-3)24-13-17/h4-7,12-13,18H,8-11,14H2,1-3H3. The van der Waals surface area contributed by atoms with E-state index in [1.165, 1.54) is 12.1 Å². The van der Waals surface area contributed by atoms with E-state index in [0.29, 0.717) is 18.3 Å². The number of piperidine rings is 1. The third-order valence-corrected chi connectivity index (χ3v) is 5.33. The molecule has 4 rings (SSSR count). The fourth-order valence-corrected chi connectivity index (χ4v) is 3.72. The fraction of sp³-hybridized carbons (Fsp3) is 0.409. The molecule has 0 N–H and O–H groups in total. The number of hydrogen-bond donors (Lipinski definition) is 0. The van der Waals surface area contributed by atoms with E-state index in [1.54, 1.807) is 32.5 Å². The lowest BCUT2D eigenvalue weighted by atomic mass is 10.1. The van der Waals surface area contributed by atoms with Gasteiger partial charge in [-0.15, -0.1) is 10.2 Å². The number of hydrogen-bond acceptors (Lipinski definition) is 7. The number of halogens is 1. The molecule has 0 amide bonds. The first-order valence-electron chi connectivity index (χ1n) is 10.2. The van der Waals surface area contributed by atoms with Crippen LogP contribution in [0.25, 0.3) is 5.69 Å². The van der Waals surface area contributed by atoms with Gasteiger partial charge in [0.15, 0.2) is 5.82 Å². The molecule has 0 bridgehead atoms. The summed E-state index contributed by atoms with van der Waals surface area (Å²) >= 11 is 0. The van der Waals surface area contributed by atoms with Gasteiger partial charge in [-0.2, -0.15) is 0 Å². The highest BCUT2D eigenvalue weighted by atomic mass is 19.1. The highest BCUT2D eigenvalue weighted by molar-refractivity contribution is 5.44. The van der Waals surface area contributed by atoms with Crippen molar-refractivity contribution in [2.45, 2.75) is 32.5 Å². The number of aryl methyl sites for hydroxylation is 1. The van der Waals surface area contributed by atoms with Crippen molar-refractivity contribution >= 4 is 5.95 Å². The minimum absolute atomic E-state index is 0.0675. The van der Waals surface area contributed by atoms with E-state index in [1.807, 2.05) is 17.6 Å². The van der Waals surface area contributed by atoms with E-state index in [-0.39, 0.29) is 11.9 Å². The van der Waals surface area contributed by atoms with Crippen LogP contribution in [0.5, 0.6) is 11.6 Å². The van der Waals surface area contributed by atoms with Crippen molar-refractivity contribution in [3.05, 3.63) is 53.7 Å². The third kappa shape index (κ3) is 4.61. The molecular formula is C22H26FN5O3. The number of anilines is 1. The molecule has 1 fully saturated rings. The summed E-state index contributed by atoms with van der Waals surface area (Å²) in [6, 6.07) is 8.35. The first-order chi connectivity index (χ1) is 15.1. The Balaban J connectivity index is 1.50. The maximum absolute atomic E-state index is 13.3. The SMILES string of the molecule is COCc1nnc(N2CCC(Oc3ccc(F)cc3C)CC2)n1-c1ccc(OC)nc1. The monoisotopic (exact) mass is 427 g/mol. The second kappa shape index (κ2) is 9.30. The minimum atomic E-state index is -0.251. The molecule has 9 heteroatoms. The van der Waals surface area contributed by atoms with Crippen LogP contribution in [-0.4, -0.2) is 53.2 Å². The second-order valence-electron chi connectivity index (χ2n) is 7.46. The summed E-state index contributed by atoms with van der Waals surface area (Å²) in [7, 11) is 3.22. The molecule has 2 aromatic heterocycles. The summed E-state index contributed by atoms with van der Waals surface area (Å²) in [4.78, 5) is 6.50. The van der Waals surface area contributed by atoms with Gasteiger partial charge >= 0.3 is 0 Å². The lowest BCUT2D eigenvalue weighted by molar-refractivity contribution is 0.168. The van der Waals surface area contributed by atoms with Gasteiger partial charge < -0.3 is 19.1 Å². The Morgan fingerprint density at radius 3 is 2.55 bits per heavy atom. The highest BCUT2D eigenvalue weighted by Crippen LogP contribution is 2.27. The average Bonchev–Trinajstić information content (AvgIpc) is 3.20. The number of benzene rings is 1. The molecule has 3 aromatic rings. The van der Waals surface area contributed by atoms with Crippen LogP contribution in [0, 0.1) is 12.7 Å². The molecule has 1 saturated heterocycles. The molecule has 0 atom stereocenters. The van der Waals surface area contributed by atoms with Crippen LogP contribution in [0.1, 0.15) is 24.2 Å². The van der Waals surface area contributed by atoms with Crippen LogP contribution in [0.2, 0.25) is 0 Å². The van der Waals surface area contributed by atoms with Crippen molar-refractivity contribution in [2.75, 3.05) is 32.2 Å². The first-order valence-corrected chi connectivity index (χ1v) is 10.2. The lowest BCUT2D eigenvalue weighted by Crippen LogP contribution is -2.39. The van der Waals surface area contributed by atoms with Crippen molar-refractivity contribution in [3.8, 4) is 17.3 Å². The van der Waals surface area contributed by atoms with Crippen molar-refractivity contribution in [1.82, 2.24) is 19.7 Å². The smallest absolute Gasteiger partial charge is 0.232 e. The molecule has 1 aromatic carbocycles. The van der Waals surface area contributed by atoms with Crippen LogP contribution in [0.4, 0.5) is 10.3 Å². The zero-order chi connectivity index (χ0) is 21.8. The zero-order valence-electron chi connectivity index (χ0n) is 17.9. The largest absolute Gasteiger partial charge is 0.490 e. The summed E-state index contributed by atoms with van der Waals surface area (Å²) in [5, 5.41) is 8.75. The predicted molar refractivity (Wildman–Crippen MR) is 113 cm³/mol. The van der Waals surface area contributed by atoms with E-state index < -0.39 is 0 Å². The normalized spacial score (nSPS) is 14.6. The van der Waals surface area contributed by atoms with E-state index in [2.05, 4.69) is 20.1 Å². The van der Waals surface area contributed by atoms with Crippen molar-refractivity contribution < 1.29 is 18.6 Å². The molecule has 164 valence electrons. The molecule has 1 aliphatic heterocycles. The van der Waals surface area contributed by atoms with Gasteiger partial charge in [-0.25, -0.2) is 9.37 Å². The van der Waals surface area contributed by atoms with Gasteiger partial charge in [0.1, 0.15) is 24.3 Å². The molecule has 0 unspecified atom stereocenters. The molecule has 8 nitrogen and oxygen atoms in total. The van der Waals surface area contributed by atoms with Crippen LogP contribution in [-0.2, 0) is 11.3 Å². The van der Waals surface area contributed by atoms with E-state index in [0.717, 1.165) is 48.9 Å².